The van der Waals surface area contributed by atoms with Crippen LogP contribution >= 0.6 is 0 Å². The first-order valence-electron chi connectivity index (χ1n) is 12.0. The van der Waals surface area contributed by atoms with Crippen LogP contribution in [-0.2, 0) is 22.5 Å². The zero-order valence-electron chi connectivity index (χ0n) is 20.2. The van der Waals surface area contributed by atoms with Gasteiger partial charge in [0.2, 0.25) is 11.8 Å². The summed E-state index contributed by atoms with van der Waals surface area (Å²) in [6.45, 7) is 9.66. The van der Waals surface area contributed by atoms with Crippen LogP contribution in [0.4, 0.5) is 0 Å². The number of ether oxygens (including phenoxy) is 1. The highest BCUT2D eigenvalue weighted by molar-refractivity contribution is 5.97. The molecule has 1 unspecified atom stereocenters. The van der Waals surface area contributed by atoms with Gasteiger partial charge in [-0.15, -0.1) is 0 Å². The lowest BCUT2D eigenvalue weighted by Crippen LogP contribution is -2.46. The molecule has 0 bridgehead atoms. The summed E-state index contributed by atoms with van der Waals surface area (Å²) >= 11 is 0. The zero-order valence-corrected chi connectivity index (χ0v) is 20.2. The monoisotopic (exact) mass is 471 g/mol. The second-order valence-electron chi connectivity index (χ2n) is 9.49. The van der Waals surface area contributed by atoms with Crippen molar-refractivity contribution in [2.75, 3.05) is 19.8 Å². The molecule has 0 aromatic carbocycles. The highest BCUT2D eigenvalue weighted by atomic mass is 16.5. The number of carbonyl (C=O) groups is 2. The zero-order chi connectivity index (χ0) is 24.6. The number of hydrogen-bond donors (Lipinski definition) is 2. The van der Waals surface area contributed by atoms with Gasteiger partial charge in [-0.05, 0) is 38.2 Å². The molecule has 3 heterocycles. The van der Waals surface area contributed by atoms with Gasteiger partial charge in [0.15, 0.2) is 5.56 Å². The molecule has 10 heteroatoms. The molecular formula is C24H33N5O5. The average molecular weight is 472 g/mol. The molecule has 2 amide bonds. The minimum absolute atomic E-state index is 0.0313. The first-order valence-corrected chi connectivity index (χ1v) is 12.0. The van der Waals surface area contributed by atoms with E-state index in [-0.39, 0.29) is 35.4 Å². The SMILES string of the molecule is CCc1nn2c(=O)c(C(=O)NC3CC3)c(O)n(CC(C)C)c2c1C=CC(=O)N1CCOCC1C. The lowest BCUT2D eigenvalue weighted by atomic mass is 10.1. The molecule has 2 aliphatic rings. The highest BCUT2D eigenvalue weighted by Gasteiger charge is 2.30. The standard InChI is InChI=1S/C24H33N5O5/c1-5-18-17(8-9-19(30)27-10-11-34-13-15(27)4)22-28(12-14(2)3)23(32)20(24(33)29(22)26-18)21(31)25-16-6-7-16/h8-9,14-16,32H,5-7,10-13H2,1-4H3,(H,25,31). The van der Waals surface area contributed by atoms with Crippen LogP contribution in [0, 0.1) is 5.92 Å². The van der Waals surface area contributed by atoms with Crippen molar-refractivity contribution in [3.05, 3.63) is 33.3 Å². The third kappa shape index (κ3) is 4.59. The van der Waals surface area contributed by atoms with Gasteiger partial charge in [-0.3, -0.25) is 19.0 Å². The molecule has 2 aromatic heterocycles. The molecular weight excluding hydrogens is 438 g/mol. The normalized spacial score (nSPS) is 18.9. The van der Waals surface area contributed by atoms with Crippen LogP contribution in [0.15, 0.2) is 10.9 Å². The Hall–Kier alpha value is -3.14. The summed E-state index contributed by atoms with van der Waals surface area (Å²) < 4.78 is 8.16. The maximum absolute atomic E-state index is 13.3. The average Bonchev–Trinajstić information content (AvgIpc) is 3.52. The lowest BCUT2D eigenvalue weighted by Gasteiger charge is -2.32. The number of amides is 2. The fourth-order valence-corrected chi connectivity index (χ4v) is 4.26. The van der Waals surface area contributed by atoms with Gasteiger partial charge in [-0.1, -0.05) is 20.8 Å². The molecule has 0 spiro atoms. The summed E-state index contributed by atoms with van der Waals surface area (Å²) in [6, 6.07) is 0.00705. The molecule has 2 N–H and O–H groups in total. The number of carbonyl (C=O) groups excluding carboxylic acids is 2. The van der Waals surface area contributed by atoms with Crippen LogP contribution in [0.3, 0.4) is 0 Å². The molecule has 10 nitrogen and oxygen atoms in total. The fourth-order valence-electron chi connectivity index (χ4n) is 4.26. The van der Waals surface area contributed by atoms with Gasteiger partial charge in [0.1, 0.15) is 5.65 Å². The van der Waals surface area contributed by atoms with E-state index in [0.29, 0.717) is 49.6 Å². The second-order valence-corrected chi connectivity index (χ2v) is 9.49. The van der Waals surface area contributed by atoms with Gasteiger partial charge in [0, 0.05) is 30.8 Å². The Morgan fingerprint density at radius 2 is 2.06 bits per heavy atom. The summed E-state index contributed by atoms with van der Waals surface area (Å²) in [5.41, 5.74) is 0.578. The minimum Gasteiger partial charge on any atom is -0.494 e. The number of rotatable bonds is 7. The third-order valence-electron chi connectivity index (χ3n) is 6.18. The molecule has 0 radical (unpaired) electrons. The van der Waals surface area contributed by atoms with Crippen LogP contribution in [0.5, 0.6) is 5.88 Å². The number of fused-ring (bicyclic) bond motifs is 1. The minimum atomic E-state index is -0.673. The Morgan fingerprint density at radius 1 is 1.32 bits per heavy atom. The summed E-state index contributed by atoms with van der Waals surface area (Å²) in [5, 5.41) is 18.4. The first kappa shape index (κ1) is 24.0. The molecule has 1 saturated heterocycles. The van der Waals surface area contributed by atoms with E-state index in [2.05, 4.69) is 10.4 Å². The Kier molecular flexibility index (Phi) is 6.79. The fraction of sp³-hybridized carbons (Fsp3) is 0.583. The van der Waals surface area contributed by atoms with Crippen LogP contribution in [-0.4, -0.2) is 67.8 Å². The number of nitrogens with one attached hydrogen (secondary N) is 1. The number of aryl methyl sites for hydroxylation is 1. The molecule has 1 aliphatic heterocycles. The highest BCUT2D eigenvalue weighted by Crippen LogP contribution is 2.26. The number of hydrogen-bond acceptors (Lipinski definition) is 6. The topological polar surface area (TPSA) is 118 Å². The Bertz CT molecular complexity index is 1190. The maximum Gasteiger partial charge on any atom is 0.291 e. The Balaban J connectivity index is 1.84. The quantitative estimate of drug-likeness (QED) is 0.592. The van der Waals surface area contributed by atoms with Gasteiger partial charge in [0.05, 0.1) is 24.9 Å². The van der Waals surface area contributed by atoms with Gasteiger partial charge >= 0.3 is 0 Å². The number of aromatic hydroxyl groups is 1. The first-order chi connectivity index (χ1) is 16.2. The van der Waals surface area contributed by atoms with Gasteiger partial charge in [0.25, 0.3) is 11.5 Å². The number of aromatic nitrogens is 3. The van der Waals surface area contributed by atoms with Crippen LogP contribution in [0.25, 0.3) is 11.7 Å². The van der Waals surface area contributed by atoms with Crippen molar-refractivity contribution in [3.63, 3.8) is 0 Å². The Labute approximate surface area is 198 Å². The number of nitrogens with zero attached hydrogens (tertiary/aromatic N) is 4. The van der Waals surface area contributed by atoms with Gasteiger partial charge < -0.3 is 20.1 Å². The Morgan fingerprint density at radius 3 is 2.68 bits per heavy atom. The van der Waals surface area contributed by atoms with E-state index in [4.69, 9.17) is 4.74 Å². The van der Waals surface area contributed by atoms with E-state index in [1.807, 2.05) is 27.7 Å². The predicted octanol–water partition coefficient (Wildman–Crippen LogP) is 1.57. The lowest BCUT2D eigenvalue weighted by molar-refractivity contribution is -0.133. The third-order valence-corrected chi connectivity index (χ3v) is 6.18. The summed E-state index contributed by atoms with van der Waals surface area (Å²) in [7, 11) is 0. The van der Waals surface area contributed by atoms with E-state index < -0.39 is 11.5 Å². The van der Waals surface area contributed by atoms with E-state index in [9.17, 15) is 19.5 Å². The van der Waals surface area contributed by atoms with Crippen LogP contribution in [0.1, 0.15) is 62.2 Å². The largest absolute Gasteiger partial charge is 0.494 e. The molecule has 34 heavy (non-hydrogen) atoms. The molecule has 2 aromatic rings. The summed E-state index contributed by atoms with van der Waals surface area (Å²) in [6.07, 6.45) is 5.37. The second kappa shape index (κ2) is 9.61. The van der Waals surface area contributed by atoms with Crippen molar-refractivity contribution in [1.29, 1.82) is 0 Å². The molecule has 1 atom stereocenters. The van der Waals surface area contributed by atoms with Gasteiger partial charge in [-0.2, -0.15) is 9.61 Å². The molecule has 184 valence electrons. The van der Waals surface area contributed by atoms with Crippen molar-refractivity contribution in [1.82, 2.24) is 24.4 Å². The van der Waals surface area contributed by atoms with Gasteiger partial charge in [-0.25, -0.2) is 0 Å². The molecule has 1 saturated carbocycles. The summed E-state index contributed by atoms with van der Waals surface area (Å²) in [5.74, 6) is -1.01. The van der Waals surface area contributed by atoms with Crippen molar-refractivity contribution >= 4 is 23.5 Å². The summed E-state index contributed by atoms with van der Waals surface area (Å²) in [4.78, 5) is 40.7. The van der Waals surface area contributed by atoms with E-state index in [1.54, 1.807) is 15.5 Å². The molecule has 2 fully saturated rings. The molecule has 4 rings (SSSR count). The van der Waals surface area contributed by atoms with Crippen molar-refractivity contribution in [2.24, 2.45) is 5.92 Å². The smallest absolute Gasteiger partial charge is 0.291 e. The van der Waals surface area contributed by atoms with Crippen LogP contribution < -0.4 is 10.9 Å². The van der Waals surface area contributed by atoms with Crippen LogP contribution in [0.2, 0.25) is 0 Å². The predicted molar refractivity (Wildman–Crippen MR) is 127 cm³/mol. The van der Waals surface area contributed by atoms with Crippen molar-refractivity contribution in [2.45, 2.75) is 65.6 Å². The van der Waals surface area contributed by atoms with E-state index in [0.717, 1.165) is 12.8 Å². The van der Waals surface area contributed by atoms with Crippen molar-refractivity contribution < 1.29 is 19.4 Å². The maximum atomic E-state index is 13.3. The number of morpholine rings is 1. The van der Waals surface area contributed by atoms with E-state index >= 15 is 0 Å². The molecule has 1 aliphatic carbocycles. The van der Waals surface area contributed by atoms with E-state index in [1.165, 1.54) is 10.6 Å². The van der Waals surface area contributed by atoms with Crippen molar-refractivity contribution in [3.8, 4) is 5.88 Å².